The number of rotatable bonds is 6. The Labute approximate surface area is 183 Å². The van der Waals surface area contributed by atoms with E-state index < -0.39 is 0 Å². The number of imidazole rings is 1. The Balaban J connectivity index is 1.22. The predicted molar refractivity (Wildman–Crippen MR) is 119 cm³/mol. The summed E-state index contributed by atoms with van der Waals surface area (Å²) in [5.74, 6) is 0.603. The number of amides is 1. The van der Waals surface area contributed by atoms with Crippen molar-refractivity contribution in [3.8, 4) is 0 Å². The Morgan fingerprint density at radius 3 is 2.81 bits per heavy atom. The van der Waals surface area contributed by atoms with Gasteiger partial charge in [0.15, 0.2) is 0 Å². The van der Waals surface area contributed by atoms with Gasteiger partial charge in [-0.05, 0) is 24.1 Å². The molecule has 1 aromatic carbocycles. The number of nitrogens with one attached hydrogen (secondary N) is 1. The zero-order valence-corrected chi connectivity index (χ0v) is 17.6. The maximum Gasteiger partial charge on any atom is 0.259 e. The minimum Gasteiger partial charge on any atom is -0.350 e. The molecule has 0 atom stereocenters. The lowest BCUT2D eigenvalue weighted by molar-refractivity contribution is 0.102. The summed E-state index contributed by atoms with van der Waals surface area (Å²) in [6, 6.07) is 14.2. The Bertz CT molecular complexity index is 1160. The number of anilines is 2. The van der Waals surface area contributed by atoms with E-state index in [0.29, 0.717) is 10.7 Å². The molecule has 1 N–H and O–H groups in total. The standard InChI is InChI=1S/C22H21N7OS/c30-21(26-22-27-25-15-31-22)17-6-7-20(23-12-17)28-11-9-19-18(13-28)24-14-29(19)10-8-16-4-2-1-3-5-16/h1-7,12,14-15H,8-11,13H2,(H,26,27,30). The van der Waals surface area contributed by atoms with Gasteiger partial charge in [-0.1, -0.05) is 41.7 Å². The molecule has 0 bridgehead atoms. The Kier molecular flexibility index (Phi) is 5.40. The summed E-state index contributed by atoms with van der Waals surface area (Å²) in [7, 11) is 0. The van der Waals surface area contributed by atoms with Gasteiger partial charge < -0.3 is 9.47 Å². The lowest BCUT2D eigenvalue weighted by Crippen LogP contribution is -2.32. The molecule has 1 aliphatic heterocycles. The average molecular weight is 432 g/mol. The highest BCUT2D eigenvalue weighted by Gasteiger charge is 2.22. The molecule has 8 nitrogen and oxygen atoms in total. The number of hydrogen-bond acceptors (Lipinski definition) is 7. The van der Waals surface area contributed by atoms with Crippen LogP contribution in [0.5, 0.6) is 0 Å². The molecule has 0 aliphatic carbocycles. The lowest BCUT2D eigenvalue weighted by atomic mass is 10.1. The quantitative estimate of drug-likeness (QED) is 0.504. The summed E-state index contributed by atoms with van der Waals surface area (Å²) in [6.45, 7) is 2.52. The van der Waals surface area contributed by atoms with Crippen LogP contribution in [0.4, 0.5) is 10.9 Å². The normalized spacial score (nSPS) is 13.1. The Hall–Kier alpha value is -3.59. The molecule has 9 heteroatoms. The van der Waals surface area contributed by atoms with Gasteiger partial charge in [0.1, 0.15) is 11.3 Å². The van der Waals surface area contributed by atoms with Gasteiger partial charge in [0.05, 0.1) is 24.1 Å². The number of aromatic nitrogens is 5. The maximum atomic E-state index is 12.3. The fourth-order valence-corrected chi connectivity index (χ4v) is 4.20. The molecule has 4 heterocycles. The van der Waals surface area contributed by atoms with E-state index in [1.807, 2.05) is 18.5 Å². The minimum atomic E-state index is -0.242. The predicted octanol–water partition coefficient (Wildman–Crippen LogP) is 3.19. The third-order valence-corrected chi connectivity index (χ3v) is 6.00. The summed E-state index contributed by atoms with van der Waals surface area (Å²) in [4.78, 5) is 23.6. The van der Waals surface area contributed by atoms with E-state index in [1.165, 1.54) is 22.6 Å². The van der Waals surface area contributed by atoms with Crippen molar-refractivity contribution in [2.24, 2.45) is 0 Å². The van der Waals surface area contributed by atoms with Gasteiger partial charge in [-0.3, -0.25) is 10.1 Å². The summed E-state index contributed by atoms with van der Waals surface area (Å²) >= 11 is 1.28. The smallest absolute Gasteiger partial charge is 0.259 e. The molecular weight excluding hydrogens is 410 g/mol. The fraction of sp³-hybridized carbons (Fsp3) is 0.227. The Morgan fingerprint density at radius 1 is 1.13 bits per heavy atom. The van der Waals surface area contributed by atoms with Gasteiger partial charge in [-0.2, -0.15) is 0 Å². The first-order valence-electron chi connectivity index (χ1n) is 10.1. The molecule has 31 heavy (non-hydrogen) atoms. The molecule has 156 valence electrons. The van der Waals surface area contributed by atoms with Gasteiger partial charge in [0.2, 0.25) is 5.13 Å². The topological polar surface area (TPSA) is 88.8 Å². The van der Waals surface area contributed by atoms with Crippen LogP contribution >= 0.6 is 11.3 Å². The molecule has 0 fully saturated rings. The van der Waals surface area contributed by atoms with Crippen molar-refractivity contribution < 1.29 is 4.79 Å². The number of benzene rings is 1. The van der Waals surface area contributed by atoms with Crippen molar-refractivity contribution in [3.63, 3.8) is 0 Å². The average Bonchev–Trinajstić information content (AvgIpc) is 3.48. The minimum absolute atomic E-state index is 0.242. The summed E-state index contributed by atoms with van der Waals surface area (Å²) in [5.41, 5.74) is 5.80. The van der Waals surface area contributed by atoms with Crippen LogP contribution in [0.25, 0.3) is 0 Å². The van der Waals surface area contributed by atoms with Crippen molar-refractivity contribution in [2.45, 2.75) is 25.9 Å². The van der Waals surface area contributed by atoms with E-state index in [9.17, 15) is 4.79 Å². The molecule has 4 aromatic rings. The number of carbonyl (C=O) groups is 1. The molecular formula is C22H21N7OS. The zero-order valence-electron chi connectivity index (χ0n) is 16.8. The van der Waals surface area contributed by atoms with Crippen LogP contribution in [0.15, 0.2) is 60.5 Å². The molecule has 0 spiro atoms. The SMILES string of the molecule is O=C(Nc1nncs1)c1ccc(N2CCc3c(ncn3CCc3ccccc3)C2)nc1. The van der Waals surface area contributed by atoms with Crippen molar-refractivity contribution in [2.75, 3.05) is 16.8 Å². The van der Waals surface area contributed by atoms with E-state index in [2.05, 4.69) is 59.2 Å². The van der Waals surface area contributed by atoms with Crippen LogP contribution in [0.3, 0.4) is 0 Å². The number of carbonyl (C=O) groups excluding carboxylic acids is 1. The van der Waals surface area contributed by atoms with Crippen LogP contribution in [0.2, 0.25) is 0 Å². The highest BCUT2D eigenvalue weighted by atomic mass is 32.1. The fourth-order valence-electron chi connectivity index (χ4n) is 3.76. The van der Waals surface area contributed by atoms with Gasteiger partial charge in [0.25, 0.3) is 5.91 Å². The van der Waals surface area contributed by atoms with Crippen LogP contribution in [0.1, 0.15) is 27.3 Å². The summed E-state index contributed by atoms with van der Waals surface area (Å²) in [5, 5.41) is 10.7. The second-order valence-electron chi connectivity index (χ2n) is 7.34. The van der Waals surface area contributed by atoms with Crippen molar-refractivity contribution in [3.05, 3.63) is 83.0 Å². The van der Waals surface area contributed by atoms with Crippen LogP contribution in [-0.4, -0.2) is 37.2 Å². The largest absolute Gasteiger partial charge is 0.350 e. The number of fused-ring (bicyclic) bond motifs is 1. The highest BCUT2D eigenvalue weighted by Crippen LogP contribution is 2.23. The number of aryl methyl sites for hydroxylation is 2. The van der Waals surface area contributed by atoms with Crippen molar-refractivity contribution in [1.29, 1.82) is 0 Å². The third kappa shape index (κ3) is 4.31. The molecule has 5 rings (SSSR count). The van der Waals surface area contributed by atoms with E-state index in [4.69, 9.17) is 0 Å². The monoisotopic (exact) mass is 431 g/mol. The van der Waals surface area contributed by atoms with Gasteiger partial charge >= 0.3 is 0 Å². The Morgan fingerprint density at radius 2 is 2.03 bits per heavy atom. The number of hydrogen-bond donors (Lipinski definition) is 1. The number of pyridine rings is 1. The van der Waals surface area contributed by atoms with Crippen molar-refractivity contribution in [1.82, 2.24) is 24.7 Å². The first-order chi connectivity index (χ1) is 15.3. The second-order valence-corrected chi connectivity index (χ2v) is 8.17. The molecule has 0 unspecified atom stereocenters. The van der Waals surface area contributed by atoms with E-state index in [-0.39, 0.29) is 5.91 Å². The first kappa shape index (κ1) is 19.4. The molecule has 1 aliphatic rings. The summed E-state index contributed by atoms with van der Waals surface area (Å²) < 4.78 is 2.27. The molecule has 3 aromatic heterocycles. The van der Waals surface area contributed by atoms with E-state index in [0.717, 1.165) is 44.0 Å². The highest BCUT2D eigenvalue weighted by molar-refractivity contribution is 7.13. The van der Waals surface area contributed by atoms with E-state index in [1.54, 1.807) is 17.8 Å². The van der Waals surface area contributed by atoms with Gasteiger partial charge in [0, 0.05) is 31.4 Å². The van der Waals surface area contributed by atoms with Crippen LogP contribution < -0.4 is 10.2 Å². The number of nitrogens with zero attached hydrogens (tertiary/aromatic N) is 6. The molecule has 1 amide bonds. The third-order valence-electron chi connectivity index (χ3n) is 5.39. The maximum absolute atomic E-state index is 12.3. The van der Waals surface area contributed by atoms with Gasteiger partial charge in [-0.15, -0.1) is 10.2 Å². The molecule has 0 radical (unpaired) electrons. The zero-order chi connectivity index (χ0) is 21.0. The molecule has 0 saturated heterocycles. The molecule has 0 saturated carbocycles. The van der Waals surface area contributed by atoms with E-state index >= 15 is 0 Å². The summed E-state index contributed by atoms with van der Waals surface area (Å²) in [6.07, 6.45) is 5.46. The first-order valence-corrected chi connectivity index (χ1v) is 11.0. The lowest BCUT2D eigenvalue weighted by Gasteiger charge is -2.28. The van der Waals surface area contributed by atoms with Crippen LogP contribution in [-0.2, 0) is 25.9 Å². The van der Waals surface area contributed by atoms with Gasteiger partial charge in [-0.25, -0.2) is 9.97 Å². The van der Waals surface area contributed by atoms with Crippen molar-refractivity contribution >= 4 is 28.2 Å². The second kappa shape index (κ2) is 8.65. The van der Waals surface area contributed by atoms with Crippen LogP contribution in [0, 0.1) is 0 Å².